The van der Waals surface area contributed by atoms with Crippen molar-refractivity contribution >= 4 is 77.7 Å². The Bertz CT molecular complexity index is 33.8. The van der Waals surface area contributed by atoms with Gasteiger partial charge in [0.2, 0.25) is 0 Å². The third-order valence-corrected chi connectivity index (χ3v) is 0. The Balaban J connectivity index is -0.0000000450. The average Bonchev–Trinajstić information content (AvgIpc) is 0.811. The molecule has 0 aliphatic carbocycles. The minimum atomic E-state index is -3.13. The predicted octanol–water partition coefficient (Wildman–Crippen LogP) is -3.45. The zero-order valence-electron chi connectivity index (χ0n) is 1.80. The Morgan fingerprint density at radius 1 is 1.33 bits per heavy atom. The van der Waals surface area contributed by atoms with Gasteiger partial charge in [0.1, 0.15) is 0 Å². The van der Waals surface area contributed by atoms with Gasteiger partial charge in [0.05, 0.1) is 0 Å². The quantitative estimate of drug-likeness (QED) is 0.394. The van der Waals surface area contributed by atoms with Gasteiger partial charge >= 0.3 is 77.7 Å². The van der Waals surface area contributed by atoms with Crippen LogP contribution < -0.4 is 0 Å². The van der Waals surface area contributed by atoms with Crippen LogP contribution in [-0.2, 0) is 4.46 Å². The van der Waals surface area contributed by atoms with Gasteiger partial charge in [-0.05, 0) is 0 Å². The van der Waals surface area contributed by atoms with Crippen LogP contribution in [0, 0.1) is 0 Å². The third-order valence-electron chi connectivity index (χ3n) is 0. The van der Waals surface area contributed by atoms with Crippen molar-refractivity contribution in [1.29, 1.82) is 0 Å². The van der Waals surface area contributed by atoms with E-state index in [0.717, 1.165) is 0 Å². The van der Waals surface area contributed by atoms with Crippen LogP contribution in [0.1, 0.15) is 0 Å². The first-order chi connectivity index (χ1) is 1.73. The fourth-order valence-corrected chi connectivity index (χ4v) is 0. The molecule has 0 spiro atoms. The summed E-state index contributed by atoms with van der Waals surface area (Å²) in [6, 6.07) is 0. The van der Waals surface area contributed by atoms with Crippen LogP contribution in [-0.4, -0.2) is 87.3 Å². The van der Waals surface area contributed by atoms with E-state index >= 15 is 0 Å². The van der Waals surface area contributed by atoms with E-state index in [-0.39, 0.29) is 68.5 Å². The Kier molecular flexibility index (Phi) is 26.0. The van der Waals surface area contributed by atoms with E-state index in [4.69, 9.17) is 14.1 Å². The van der Waals surface area contributed by atoms with Gasteiger partial charge < -0.3 is 9.59 Å². The second-order valence-corrected chi connectivity index (χ2v) is 0.848. The summed E-state index contributed by atoms with van der Waals surface area (Å²) < 4.78 is 8.74. The zero-order chi connectivity index (χ0) is 3.58. The molecule has 32 valence electrons. The van der Waals surface area contributed by atoms with Crippen molar-refractivity contribution in [3.05, 3.63) is 0 Å². The molecule has 0 aliphatic rings. The van der Waals surface area contributed by atoms with Gasteiger partial charge in [-0.3, -0.25) is 4.46 Å². The Morgan fingerprint density at radius 2 is 1.33 bits per heavy atom. The van der Waals surface area contributed by atoms with E-state index in [1.54, 1.807) is 0 Å². The van der Waals surface area contributed by atoms with Crippen molar-refractivity contribution < 1.29 is 14.1 Å². The van der Waals surface area contributed by atoms with Crippen LogP contribution in [0.2, 0.25) is 0 Å². The Hall–Kier alpha value is 1.86. The van der Waals surface area contributed by atoms with E-state index in [0.29, 0.717) is 0 Å². The predicted molar refractivity (Wildman–Crippen MR) is 28.0 cm³/mol. The van der Waals surface area contributed by atoms with Crippen LogP contribution in [0.4, 0.5) is 0 Å². The van der Waals surface area contributed by atoms with E-state index in [1.165, 1.54) is 0 Å². The number of hydrogen-bond donors (Lipinski definition) is 2. The SMILES string of the molecule is O=[Si](O)O.[MgH2].[SrH2]. The molecule has 0 rings (SSSR count). The number of rotatable bonds is 0. The molecule has 0 amide bonds. The fourth-order valence-electron chi connectivity index (χ4n) is 0. The first-order valence-corrected chi connectivity index (χ1v) is 1.95. The molecule has 0 atom stereocenters. The molecule has 2 N–H and O–H groups in total. The molecule has 0 bridgehead atoms. The maximum atomic E-state index is 8.74. The summed E-state index contributed by atoms with van der Waals surface area (Å²) in [6.07, 6.45) is 0. The van der Waals surface area contributed by atoms with Crippen molar-refractivity contribution in [2.75, 3.05) is 0 Å². The molecule has 0 aromatic carbocycles. The number of hydrogen-bond acceptors (Lipinski definition) is 1. The van der Waals surface area contributed by atoms with Crippen LogP contribution in [0.3, 0.4) is 0 Å². The standard InChI is InChI=1S/Mg.H2O3Si.Sr.4H/c;1-4(2)3;;;;;/h;1-2H;;;;;. The van der Waals surface area contributed by atoms with Gasteiger partial charge in [0.25, 0.3) is 0 Å². The summed E-state index contributed by atoms with van der Waals surface area (Å²) in [7, 11) is -3.13. The fraction of sp³-hybridized carbons (Fsp3) is 0. The monoisotopic (exact) mass is 194 g/mol. The van der Waals surface area contributed by atoms with E-state index in [1.807, 2.05) is 0 Å². The second-order valence-electron chi connectivity index (χ2n) is 0.283. The van der Waals surface area contributed by atoms with E-state index < -0.39 is 9.17 Å². The summed E-state index contributed by atoms with van der Waals surface area (Å²) in [6.45, 7) is 0. The Morgan fingerprint density at radius 3 is 1.33 bits per heavy atom. The van der Waals surface area contributed by atoms with Gasteiger partial charge in [-0.25, -0.2) is 0 Å². The first kappa shape index (κ1) is 15.7. The second kappa shape index (κ2) is 9.98. The van der Waals surface area contributed by atoms with Crippen LogP contribution in [0.25, 0.3) is 0 Å². The molecule has 6 heteroatoms. The van der Waals surface area contributed by atoms with Gasteiger partial charge in [0.15, 0.2) is 0 Å². The summed E-state index contributed by atoms with van der Waals surface area (Å²) in [5.41, 5.74) is 0. The van der Waals surface area contributed by atoms with E-state index in [9.17, 15) is 0 Å². The molecular weight excluding hydrogens is 188 g/mol. The third kappa shape index (κ3) is 39.9. The first-order valence-electron chi connectivity index (χ1n) is 0.651. The molecule has 0 heterocycles. The molecule has 0 saturated heterocycles. The zero-order valence-corrected chi connectivity index (χ0v) is 2.80. The Labute approximate surface area is 90.1 Å². The van der Waals surface area contributed by atoms with Crippen molar-refractivity contribution in [3.8, 4) is 0 Å². The van der Waals surface area contributed by atoms with Crippen LogP contribution in [0.15, 0.2) is 0 Å². The molecule has 6 heavy (non-hydrogen) atoms. The summed E-state index contributed by atoms with van der Waals surface area (Å²) in [5.74, 6) is 0. The summed E-state index contributed by atoms with van der Waals surface area (Å²) >= 11 is 0. The molecule has 0 aromatic rings. The van der Waals surface area contributed by atoms with Gasteiger partial charge in [0, 0.05) is 0 Å². The average molecular weight is 194 g/mol. The summed E-state index contributed by atoms with van der Waals surface area (Å²) in [4.78, 5) is 14.3. The van der Waals surface area contributed by atoms with Crippen LogP contribution in [0.5, 0.6) is 0 Å². The molecule has 0 radical (unpaired) electrons. The van der Waals surface area contributed by atoms with Crippen molar-refractivity contribution in [2.24, 2.45) is 0 Å². The normalized spacial score (nSPS) is 4.00. The summed E-state index contributed by atoms with van der Waals surface area (Å²) in [5, 5.41) is 0. The molecular formula is H6MgO3SiSr. The maximum absolute atomic E-state index is 8.74. The van der Waals surface area contributed by atoms with Crippen LogP contribution >= 0.6 is 0 Å². The van der Waals surface area contributed by atoms with Gasteiger partial charge in [-0.1, -0.05) is 0 Å². The van der Waals surface area contributed by atoms with Gasteiger partial charge in [-0.15, -0.1) is 0 Å². The molecule has 3 nitrogen and oxygen atoms in total. The van der Waals surface area contributed by atoms with Gasteiger partial charge in [-0.2, -0.15) is 0 Å². The molecule has 0 aromatic heterocycles. The van der Waals surface area contributed by atoms with E-state index in [2.05, 4.69) is 0 Å². The molecule has 0 fully saturated rings. The molecule has 0 unspecified atom stereocenters. The molecule has 0 saturated carbocycles. The van der Waals surface area contributed by atoms with Crippen molar-refractivity contribution in [1.82, 2.24) is 0 Å². The topological polar surface area (TPSA) is 57.5 Å². The molecule has 0 aliphatic heterocycles. The van der Waals surface area contributed by atoms with Crippen molar-refractivity contribution in [2.45, 2.75) is 0 Å². The minimum absolute atomic E-state index is 0. The van der Waals surface area contributed by atoms with Crippen molar-refractivity contribution in [3.63, 3.8) is 0 Å².